The lowest BCUT2D eigenvalue weighted by atomic mass is 9.96. The van der Waals surface area contributed by atoms with Gasteiger partial charge in [-0.1, -0.05) is 54.6 Å². The highest BCUT2D eigenvalue weighted by Crippen LogP contribution is 2.29. The van der Waals surface area contributed by atoms with E-state index >= 15 is 0 Å². The number of carbonyl (C=O) groups is 1. The minimum absolute atomic E-state index is 0.0664. The fourth-order valence-corrected chi connectivity index (χ4v) is 4.08. The summed E-state index contributed by atoms with van der Waals surface area (Å²) in [6, 6.07) is 22.5. The first kappa shape index (κ1) is 22.1. The summed E-state index contributed by atoms with van der Waals surface area (Å²) in [5.41, 5.74) is 4.45. The van der Waals surface area contributed by atoms with Crippen LogP contribution < -0.4 is 10.9 Å². The van der Waals surface area contributed by atoms with Crippen molar-refractivity contribution in [1.29, 1.82) is 0 Å². The predicted molar refractivity (Wildman–Crippen MR) is 135 cm³/mol. The van der Waals surface area contributed by atoms with Gasteiger partial charge in [0.1, 0.15) is 0 Å². The molecule has 0 saturated carbocycles. The van der Waals surface area contributed by atoms with Gasteiger partial charge in [0.25, 0.3) is 5.56 Å². The fourth-order valence-electron chi connectivity index (χ4n) is 4.08. The summed E-state index contributed by atoms with van der Waals surface area (Å²) in [6.45, 7) is 3.94. The Kier molecular flexibility index (Phi) is 6.13. The molecule has 5 nitrogen and oxygen atoms in total. The van der Waals surface area contributed by atoms with Gasteiger partial charge in [-0.15, -0.1) is 0 Å². The molecule has 0 spiro atoms. The van der Waals surface area contributed by atoms with Crippen LogP contribution in [-0.4, -0.2) is 15.6 Å². The van der Waals surface area contributed by atoms with Crippen molar-refractivity contribution in [3.8, 4) is 0 Å². The second-order valence-electron chi connectivity index (χ2n) is 8.21. The zero-order valence-corrected chi connectivity index (χ0v) is 18.9. The van der Waals surface area contributed by atoms with E-state index in [-0.39, 0.29) is 17.2 Å². The Balaban J connectivity index is 1.81. The van der Waals surface area contributed by atoms with Gasteiger partial charge in [-0.05, 0) is 66.3 Å². The number of hydrogen-bond donors (Lipinski definition) is 2. The monoisotopic (exact) mass is 438 g/mol. The van der Waals surface area contributed by atoms with Crippen LogP contribution in [0.2, 0.25) is 0 Å². The normalized spacial score (nSPS) is 12.2. The SMILES string of the molecule is Cc1cc(C(C)Nc2ccccc2C(=O)O)c2cc(/C=C/c3ccccc3)n(C)c(=O)c2c1. The summed E-state index contributed by atoms with van der Waals surface area (Å²) in [7, 11) is 1.78. The van der Waals surface area contributed by atoms with Gasteiger partial charge in [-0.2, -0.15) is 0 Å². The second kappa shape index (κ2) is 9.17. The fraction of sp³-hybridized carbons (Fsp3) is 0.143. The van der Waals surface area contributed by atoms with E-state index in [1.165, 1.54) is 0 Å². The van der Waals surface area contributed by atoms with E-state index in [0.29, 0.717) is 11.1 Å². The number of nitrogens with zero attached hydrogens (tertiary/aromatic N) is 1. The van der Waals surface area contributed by atoms with Crippen LogP contribution in [-0.2, 0) is 7.05 Å². The van der Waals surface area contributed by atoms with Gasteiger partial charge in [0.05, 0.1) is 5.56 Å². The third kappa shape index (κ3) is 4.58. The number of carboxylic acid groups (broad SMARTS) is 1. The van der Waals surface area contributed by atoms with Crippen molar-refractivity contribution < 1.29 is 9.90 Å². The number of aromatic carboxylic acids is 1. The number of benzene rings is 3. The number of nitrogens with one attached hydrogen (secondary N) is 1. The van der Waals surface area contributed by atoms with Crippen molar-refractivity contribution in [2.45, 2.75) is 19.9 Å². The number of para-hydroxylation sites is 1. The molecule has 1 aromatic heterocycles. The summed E-state index contributed by atoms with van der Waals surface area (Å²) in [6.07, 6.45) is 3.93. The molecule has 166 valence electrons. The van der Waals surface area contributed by atoms with E-state index in [9.17, 15) is 14.7 Å². The maximum absolute atomic E-state index is 13.2. The Bertz CT molecular complexity index is 1420. The molecule has 0 fully saturated rings. The summed E-state index contributed by atoms with van der Waals surface area (Å²) >= 11 is 0. The second-order valence-corrected chi connectivity index (χ2v) is 8.21. The number of anilines is 1. The summed E-state index contributed by atoms with van der Waals surface area (Å²) in [4.78, 5) is 24.9. The van der Waals surface area contributed by atoms with E-state index < -0.39 is 5.97 Å². The molecular weight excluding hydrogens is 412 g/mol. The molecule has 0 radical (unpaired) electrons. The molecule has 0 saturated heterocycles. The van der Waals surface area contributed by atoms with Gasteiger partial charge in [0.15, 0.2) is 0 Å². The Morgan fingerprint density at radius 1 is 0.970 bits per heavy atom. The van der Waals surface area contributed by atoms with Gasteiger partial charge in [0, 0.05) is 29.9 Å². The zero-order chi connectivity index (χ0) is 23.5. The number of carboxylic acids is 1. The van der Waals surface area contributed by atoms with Crippen LogP contribution in [0.4, 0.5) is 5.69 Å². The highest BCUT2D eigenvalue weighted by Gasteiger charge is 2.17. The average molecular weight is 439 g/mol. The summed E-state index contributed by atoms with van der Waals surface area (Å²) < 4.78 is 1.66. The Hall–Kier alpha value is -4.12. The molecule has 1 heterocycles. The molecule has 0 aliphatic carbocycles. The Morgan fingerprint density at radius 3 is 2.39 bits per heavy atom. The lowest BCUT2D eigenvalue weighted by molar-refractivity contribution is 0.0698. The molecule has 0 amide bonds. The molecule has 3 aromatic carbocycles. The van der Waals surface area contributed by atoms with Gasteiger partial charge >= 0.3 is 5.97 Å². The highest BCUT2D eigenvalue weighted by atomic mass is 16.4. The maximum atomic E-state index is 13.2. The smallest absolute Gasteiger partial charge is 0.337 e. The van der Waals surface area contributed by atoms with Crippen LogP contribution in [0.25, 0.3) is 22.9 Å². The molecule has 33 heavy (non-hydrogen) atoms. The number of fused-ring (bicyclic) bond motifs is 1. The number of pyridine rings is 1. The number of rotatable bonds is 6. The summed E-state index contributed by atoms with van der Waals surface area (Å²) in [5, 5.41) is 14.4. The van der Waals surface area contributed by atoms with Crippen molar-refractivity contribution in [2.24, 2.45) is 7.05 Å². The first-order valence-electron chi connectivity index (χ1n) is 10.8. The van der Waals surface area contributed by atoms with E-state index in [4.69, 9.17) is 0 Å². The van der Waals surface area contributed by atoms with E-state index in [1.807, 2.05) is 74.5 Å². The third-order valence-corrected chi connectivity index (χ3v) is 5.81. The molecule has 4 rings (SSSR count). The first-order valence-corrected chi connectivity index (χ1v) is 10.8. The Morgan fingerprint density at radius 2 is 1.67 bits per heavy atom. The average Bonchev–Trinajstić information content (AvgIpc) is 2.81. The number of hydrogen-bond acceptors (Lipinski definition) is 3. The molecule has 1 unspecified atom stereocenters. The standard InChI is InChI=1S/C28H26N2O3/c1-18-15-23(19(2)29-26-12-8-7-11-22(26)28(32)33)24-17-21(30(3)27(31)25(24)16-18)14-13-20-9-5-4-6-10-20/h4-17,19,29H,1-3H3,(H,32,33)/b14-13+. The molecule has 0 aliphatic heterocycles. The van der Waals surface area contributed by atoms with Crippen LogP contribution in [0.5, 0.6) is 0 Å². The molecule has 1 atom stereocenters. The first-order chi connectivity index (χ1) is 15.8. The lowest BCUT2D eigenvalue weighted by Gasteiger charge is -2.20. The lowest BCUT2D eigenvalue weighted by Crippen LogP contribution is -2.20. The minimum Gasteiger partial charge on any atom is -0.478 e. The third-order valence-electron chi connectivity index (χ3n) is 5.81. The quantitative estimate of drug-likeness (QED) is 0.394. The summed E-state index contributed by atoms with van der Waals surface area (Å²) in [5.74, 6) is -0.985. The van der Waals surface area contributed by atoms with Gasteiger partial charge in [-0.3, -0.25) is 4.79 Å². The predicted octanol–water partition coefficient (Wildman–Crippen LogP) is 5.89. The number of aryl methyl sites for hydroxylation is 1. The molecule has 0 aliphatic rings. The van der Waals surface area contributed by atoms with E-state index in [2.05, 4.69) is 5.32 Å². The molecule has 2 N–H and O–H groups in total. The zero-order valence-electron chi connectivity index (χ0n) is 18.9. The Labute approximate surface area is 192 Å². The largest absolute Gasteiger partial charge is 0.478 e. The van der Waals surface area contributed by atoms with Crippen LogP contribution in [0.15, 0.2) is 77.6 Å². The van der Waals surface area contributed by atoms with Crippen molar-refractivity contribution in [2.75, 3.05) is 5.32 Å². The molecule has 5 heteroatoms. The van der Waals surface area contributed by atoms with E-state index in [1.54, 1.807) is 35.9 Å². The van der Waals surface area contributed by atoms with Crippen LogP contribution >= 0.6 is 0 Å². The maximum Gasteiger partial charge on any atom is 0.337 e. The highest BCUT2D eigenvalue weighted by molar-refractivity contribution is 5.94. The molecule has 4 aromatic rings. The van der Waals surface area contributed by atoms with Crippen molar-refractivity contribution in [1.82, 2.24) is 4.57 Å². The van der Waals surface area contributed by atoms with Crippen molar-refractivity contribution in [3.63, 3.8) is 0 Å². The number of aromatic nitrogens is 1. The van der Waals surface area contributed by atoms with Crippen LogP contribution in [0.1, 0.15) is 45.7 Å². The molecule has 0 bridgehead atoms. The van der Waals surface area contributed by atoms with Crippen molar-refractivity contribution in [3.05, 3.63) is 111 Å². The van der Waals surface area contributed by atoms with Crippen LogP contribution in [0.3, 0.4) is 0 Å². The minimum atomic E-state index is -0.985. The van der Waals surface area contributed by atoms with Crippen LogP contribution in [0, 0.1) is 6.92 Å². The van der Waals surface area contributed by atoms with Gasteiger partial charge in [0.2, 0.25) is 0 Å². The topological polar surface area (TPSA) is 71.3 Å². The molecular formula is C28H26N2O3. The van der Waals surface area contributed by atoms with Gasteiger partial charge in [-0.25, -0.2) is 4.79 Å². The van der Waals surface area contributed by atoms with E-state index in [0.717, 1.165) is 27.8 Å². The van der Waals surface area contributed by atoms with Crippen molar-refractivity contribution >= 4 is 34.6 Å². The van der Waals surface area contributed by atoms with Gasteiger partial charge < -0.3 is 15.0 Å².